The minimum absolute atomic E-state index is 0.0263. The van der Waals surface area contributed by atoms with Crippen molar-refractivity contribution < 1.29 is 38.9 Å². The first-order valence-electron chi connectivity index (χ1n) is 14.8. The Morgan fingerprint density at radius 2 is 1.77 bits per heavy atom. The highest BCUT2D eigenvalue weighted by Gasteiger charge is 2.67. The van der Waals surface area contributed by atoms with E-state index in [0.717, 1.165) is 5.57 Å². The molecule has 10 nitrogen and oxygen atoms in total. The van der Waals surface area contributed by atoms with E-state index in [9.17, 15) is 29.1 Å². The number of carbonyl (C=O) groups is 5. The number of carboxylic acid groups (broad SMARTS) is 1. The number of hydrogen-bond donors (Lipinski definition) is 2. The monoisotopic (exact) mass is 586 g/mol. The maximum absolute atomic E-state index is 14.4. The van der Waals surface area contributed by atoms with Gasteiger partial charge in [0.1, 0.15) is 0 Å². The lowest BCUT2D eigenvalue weighted by atomic mass is 9.51. The van der Waals surface area contributed by atoms with Crippen molar-refractivity contribution in [2.75, 3.05) is 18.1 Å². The van der Waals surface area contributed by atoms with Crippen LogP contribution < -0.4 is 9.64 Å². The summed E-state index contributed by atoms with van der Waals surface area (Å²) in [6.45, 7) is 3.94. The molecular formula is C33H34N2O8. The highest BCUT2D eigenvalue weighted by molar-refractivity contribution is 6.24. The van der Waals surface area contributed by atoms with Crippen LogP contribution in [0.1, 0.15) is 51.0 Å². The number of ether oxygens (including phenoxy) is 1. The van der Waals surface area contributed by atoms with Crippen molar-refractivity contribution in [1.82, 2.24) is 4.90 Å². The fourth-order valence-corrected chi connectivity index (χ4v) is 7.87. The van der Waals surface area contributed by atoms with Gasteiger partial charge < -0.3 is 14.9 Å². The van der Waals surface area contributed by atoms with E-state index in [1.165, 1.54) is 15.9 Å². The van der Waals surface area contributed by atoms with Crippen LogP contribution in [0.15, 0.2) is 60.2 Å². The maximum atomic E-state index is 14.4. The normalized spacial score (nSPS) is 29.7. The first-order chi connectivity index (χ1) is 20.6. The average Bonchev–Trinajstić information content (AvgIpc) is 3.34. The summed E-state index contributed by atoms with van der Waals surface area (Å²) in [5.74, 6) is -5.31. The van der Waals surface area contributed by atoms with Gasteiger partial charge in [-0.05, 0) is 68.9 Å². The lowest BCUT2D eigenvalue weighted by Crippen LogP contribution is -2.48. The summed E-state index contributed by atoms with van der Waals surface area (Å²) >= 11 is 0. The minimum atomic E-state index is -1.20. The van der Waals surface area contributed by atoms with Gasteiger partial charge in [0.25, 0.3) is 0 Å². The number of phenolic OH excluding ortho intramolecular Hbond substituents is 1. The van der Waals surface area contributed by atoms with Gasteiger partial charge in [0.2, 0.25) is 23.6 Å². The summed E-state index contributed by atoms with van der Waals surface area (Å²) in [7, 11) is 0. The lowest BCUT2D eigenvalue weighted by Gasteiger charge is -2.49. The summed E-state index contributed by atoms with van der Waals surface area (Å²) < 4.78 is 5.68. The van der Waals surface area contributed by atoms with Gasteiger partial charge in [-0.1, -0.05) is 35.9 Å². The predicted octanol–water partition coefficient (Wildman–Crippen LogP) is 3.89. The predicted molar refractivity (Wildman–Crippen MR) is 154 cm³/mol. The number of likely N-dealkylation sites (tertiary alicyclic amines) is 1. The molecule has 224 valence electrons. The standard InChI is InChI=1S/C33H34N2O8/c1-3-43-25-16-18(11-14-24(25)36)28-20-12-13-21-27(31(41)34(29(21)39)15-7-10-26(37)38)22(20)17-23-30(40)35(32(42)33(23,28)2)19-8-5-4-6-9-19/h4-6,8-9,11-12,14,16,21-23,27-28,36H,3,7,10,13,15,17H2,1-2H3,(H,37,38). The van der Waals surface area contributed by atoms with Gasteiger partial charge in [-0.15, -0.1) is 0 Å². The van der Waals surface area contributed by atoms with Crippen LogP contribution in [-0.4, -0.2) is 57.9 Å². The quantitative estimate of drug-likeness (QED) is 0.351. The Balaban J connectivity index is 1.46. The van der Waals surface area contributed by atoms with Gasteiger partial charge in [-0.3, -0.25) is 28.9 Å². The third-order valence-corrected chi connectivity index (χ3v) is 9.77. The van der Waals surface area contributed by atoms with Crippen LogP contribution >= 0.6 is 0 Å². The molecule has 6 atom stereocenters. The summed E-state index contributed by atoms with van der Waals surface area (Å²) in [5.41, 5.74) is 0.779. The summed E-state index contributed by atoms with van der Waals surface area (Å²) in [4.78, 5) is 69.3. The molecule has 2 N–H and O–H groups in total. The number of allylic oxidation sites excluding steroid dienone is 2. The fourth-order valence-electron chi connectivity index (χ4n) is 7.87. The molecule has 6 unspecified atom stereocenters. The van der Waals surface area contributed by atoms with E-state index < -0.39 is 41.0 Å². The largest absolute Gasteiger partial charge is 0.504 e. The van der Waals surface area contributed by atoms with Gasteiger partial charge in [-0.25, -0.2) is 4.90 Å². The number of nitrogens with zero attached hydrogens (tertiary/aromatic N) is 2. The molecule has 0 spiro atoms. The van der Waals surface area contributed by atoms with E-state index >= 15 is 0 Å². The van der Waals surface area contributed by atoms with Crippen molar-refractivity contribution in [1.29, 1.82) is 0 Å². The van der Waals surface area contributed by atoms with Crippen LogP contribution in [0.4, 0.5) is 5.69 Å². The second-order valence-electron chi connectivity index (χ2n) is 12.0. The number of rotatable bonds is 8. The smallest absolute Gasteiger partial charge is 0.303 e. The van der Waals surface area contributed by atoms with Crippen molar-refractivity contribution in [2.45, 2.75) is 45.4 Å². The van der Waals surface area contributed by atoms with E-state index in [2.05, 4.69) is 0 Å². The average molecular weight is 587 g/mol. The molecule has 0 aromatic heterocycles. The van der Waals surface area contributed by atoms with Crippen LogP contribution in [-0.2, 0) is 24.0 Å². The van der Waals surface area contributed by atoms with E-state index in [4.69, 9.17) is 9.84 Å². The number of benzene rings is 2. The molecule has 2 saturated heterocycles. The molecule has 4 amide bonds. The molecule has 4 aliphatic rings. The maximum Gasteiger partial charge on any atom is 0.303 e. The number of hydrogen-bond acceptors (Lipinski definition) is 7. The van der Waals surface area contributed by atoms with E-state index in [1.54, 1.807) is 43.3 Å². The third kappa shape index (κ3) is 4.34. The summed E-state index contributed by atoms with van der Waals surface area (Å²) in [6.07, 6.45) is 2.49. The van der Waals surface area contributed by atoms with Gasteiger partial charge in [0.05, 0.1) is 35.5 Å². The second kappa shape index (κ2) is 10.7. The molecule has 10 heteroatoms. The summed E-state index contributed by atoms with van der Waals surface area (Å²) in [5, 5.41) is 19.5. The number of anilines is 1. The van der Waals surface area contributed by atoms with E-state index in [-0.39, 0.29) is 60.9 Å². The number of para-hydroxylation sites is 1. The molecule has 3 fully saturated rings. The summed E-state index contributed by atoms with van der Waals surface area (Å²) in [6, 6.07) is 13.7. The Morgan fingerprint density at radius 3 is 2.47 bits per heavy atom. The van der Waals surface area contributed by atoms with Crippen LogP contribution in [0.2, 0.25) is 0 Å². The Bertz CT molecular complexity index is 1550. The number of carbonyl (C=O) groups excluding carboxylic acids is 4. The number of aromatic hydroxyl groups is 1. The molecular weight excluding hydrogens is 552 g/mol. The molecule has 0 radical (unpaired) electrons. The van der Waals surface area contributed by atoms with Crippen molar-refractivity contribution >= 4 is 35.3 Å². The molecule has 2 aliphatic heterocycles. The van der Waals surface area contributed by atoms with Crippen molar-refractivity contribution in [3.63, 3.8) is 0 Å². The van der Waals surface area contributed by atoms with Crippen molar-refractivity contribution in [3.8, 4) is 11.5 Å². The van der Waals surface area contributed by atoms with Crippen LogP contribution in [0, 0.1) is 29.1 Å². The molecule has 2 aromatic rings. The van der Waals surface area contributed by atoms with E-state index in [0.29, 0.717) is 24.3 Å². The zero-order chi connectivity index (χ0) is 30.6. The van der Waals surface area contributed by atoms with Gasteiger partial charge >= 0.3 is 5.97 Å². The highest BCUT2D eigenvalue weighted by atomic mass is 16.5. The third-order valence-electron chi connectivity index (χ3n) is 9.77. The van der Waals surface area contributed by atoms with Gasteiger partial charge in [0.15, 0.2) is 11.5 Å². The number of amides is 4. The lowest BCUT2D eigenvalue weighted by molar-refractivity contribution is -0.142. The first-order valence-corrected chi connectivity index (χ1v) is 14.8. The molecule has 6 rings (SSSR count). The van der Waals surface area contributed by atoms with E-state index in [1.807, 2.05) is 19.1 Å². The molecule has 0 bridgehead atoms. The Labute approximate surface area is 248 Å². The number of carboxylic acids is 1. The van der Waals surface area contributed by atoms with Crippen molar-refractivity contribution in [2.24, 2.45) is 29.1 Å². The Kier molecular flexibility index (Phi) is 7.10. The molecule has 1 saturated carbocycles. The van der Waals surface area contributed by atoms with Crippen LogP contribution in [0.3, 0.4) is 0 Å². The van der Waals surface area contributed by atoms with Crippen molar-refractivity contribution in [3.05, 3.63) is 65.7 Å². The topological polar surface area (TPSA) is 142 Å². The van der Waals surface area contributed by atoms with Gasteiger partial charge in [0, 0.05) is 18.9 Å². The SMILES string of the molecule is CCOc1cc(C2C3=CCC4C(=O)N(CCCC(=O)O)C(=O)C4C3CC3C(=O)N(c4ccccc4)C(=O)C32C)ccc1O. The molecule has 2 aliphatic carbocycles. The van der Waals surface area contributed by atoms with Crippen LogP contribution in [0.25, 0.3) is 0 Å². The minimum Gasteiger partial charge on any atom is -0.504 e. The molecule has 2 aromatic carbocycles. The number of phenols is 1. The second-order valence-corrected chi connectivity index (χ2v) is 12.0. The molecule has 43 heavy (non-hydrogen) atoms. The number of aliphatic carboxylic acids is 1. The Hall–Kier alpha value is -4.47. The zero-order valence-corrected chi connectivity index (χ0v) is 24.1. The Morgan fingerprint density at radius 1 is 1.02 bits per heavy atom. The molecule has 2 heterocycles. The first kappa shape index (κ1) is 28.6. The fraction of sp³-hybridized carbons (Fsp3) is 0.424. The number of imide groups is 2. The van der Waals surface area contributed by atoms with Gasteiger partial charge in [-0.2, -0.15) is 0 Å². The number of fused-ring (bicyclic) bond motifs is 4. The highest BCUT2D eigenvalue weighted by Crippen LogP contribution is 2.63. The van der Waals surface area contributed by atoms with Crippen LogP contribution in [0.5, 0.6) is 11.5 Å². The zero-order valence-electron chi connectivity index (χ0n) is 24.1.